The quantitative estimate of drug-likeness (QED) is 0.503. The average molecular weight is 414 g/mol. The lowest BCUT2D eigenvalue weighted by Gasteiger charge is -2.09. The molecule has 0 saturated carbocycles. The van der Waals surface area contributed by atoms with Gasteiger partial charge in [-0.05, 0) is 42.5 Å². The summed E-state index contributed by atoms with van der Waals surface area (Å²) in [6.45, 7) is -0.226. The van der Waals surface area contributed by atoms with Gasteiger partial charge in [0.1, 0.15) is 6.54 Å². The molecule has 0 fully saturated rings. The Bertz CT molecular complexity index is 1250. The molecular weight excluding hydrogens is 396 g/mol. The Balaban J connectivity index is 1.40. The predicted molar refractivity (Wildman–Crippen MR) is 116 cm³/mol. The van der Waals surface area contributed by atoms with Gasteiger partial charge in [0.05, 0.1) is 12.0 Å². The minimum Gasteiger partial charge on any atom is -0.459 e. The summed E-state index contributed by atoms with van der Waals surface area (Å²) in [4.78, 5) is 36.5. The maximum absolute atomic E-state index is 12.4. The van der Waals surface area contributed by atoms with Crippen LogP contribution in [0, 0.1) is 0 Å². The molecule has 4 aromatic rings. The number of carbonyl (C=O) groups excluding carboxylic acids is 2. The van der Waals surface area contributed by atoms with E-state index in [0.717, 1.165) is 10.2 Å². The third-order valence-electron chi connectivity index (χ3n) is 4.40. The van der Waals surface area contributed by atoms with Crippen molar-refractivity contribution in [1.82, 2.24) is 9.78 Å². The first-order valence-corrected chi connectivity index (χ1v) is 9.47. The first kappa shape index (κ1) is 19.8. The van der Waals surface area contributed by atoms with Crippen molar-refractivity contribution in [2.24, 2.45) is 0 Å². The zero-order valence-electron chi connectivity index (χ0n) is 16.3. The molecule has 2 aromatic heterocycles. The van der Waals surface area contributed by atoms with Gasteiger partial charge in [-0.2, -0.15) is 5.10 Å². The predicted octanol–water partition coefficient (Wildman–Crippen LogP) is 3.39. The Hall–Kier alpha value is -4.46. The molecule has 0 radical (unpaired) electrons. The molecule has 2 amide bonds. The van der Waals surface area contributed by atoms with Gasteiger partial charge in [-0.1, -0.05) is 30.3 Å². The minimum absolute atomic E-state index is 0.202. The molecule has 8 heteroatoms. The van der Waals surface area contributed by atoms with Crippen molar-refractivity contribution in [2.45, 2.75) is 6.54 Å². The van der Waals surface area contributed by atoms with Crippen molar-refractivity contribution in [2.75, 3.05) is 10.6 Å². The lowest BCUT2D eigenvalue weighted by molar-refractivity contribution is -0.117. The van der Waals surface area contributed by atoms with Gasteiger partial charge in [-0.15, -0.1) is 0 Å². The third kappa shape index (κ3) is 4.94. The van der Waals surface area contributed by atoms with E-state index < -0.39 is 5.91 Å². The number of nitrogens with zero attached hydrogens (tertiary/aromatic N) is 2. The topological polar surface area (TPSA) is 106 Å². The third-order valence-corrected chi connectivity index (χ3v) is 4.40. The smallest absolute Gasteiger partial charge is 0.291 e. The molecular formula is C23H18N4O4. The first-order chi connectivity index (χ1) is 15.1. The van der Waals surface area contributed by atoms with E-state index in [1.807, 2.05) is 30.3 Å². The molecule has 0 saturated heterocycles. The van der Waals surface area contributed by atoms with Gasteiger partial charge in [0.15, 0.2) is 5.76 Å². The maximum Gasteiger partial charge on any atom is 0.291 e. The molecule has 0 aliphatic heterocycles. The Morgan fingerprint density at radius 3 is 2.23 bits per heavy atom. The fraction of sp³-hybridized carbons (Fsp3) is 0.0435. The molecule has 0 atom stereocenters. The summed E-state index contributed by atoms with van der Waals surface area (Å²) in [7, 11) is 0. The summed E-state index contributed by atoms with van der Waals surface area (Å²) < 4.78 is 6.16. The number of furan rings is 1. The number of aromatic nitrogens is 2. The van der Waals surface area contributed by atoms with Crippen LogP contribution in [-0.4, -0.2) is 21.6 Å². The lowest BCUT2D eigenvalue weighted by atomic mass is 10.1. The second-order valence-corrected chi connectivity index (χ2v) is 6.64. The second-order valence-electron chi connectivity index (χ2n) is 6.64. The molecule has 4 rings (SSSR count). The maximum atomic E-state index is 12.4. The van der Waals surface area contributed by atoms with E-state index in [-0.39, 0.29) is 23.8 Å². The second kappa shape index (κ2) is 8.91. The summed E-state index contributed by atoms with van der Waals surface area (Å²) in [6.07, 6.45) is 1.42. The van der Waals surface area contributed by atoms with Gasteiger partial charge < -0.3 is 15.1 Å². The van der Waals surface area contributed by atoms with Crippen molar-refractivity contribution >= 4 is 23.2 Å². The van der Waals surface area contributed by atoms with Crippen molar-refractivity contribution in [3.63, 3.8) is 0 Å². The summed E-state index contributed by atoms with van der Waals surface area (Å²) in [6, 6.07) is 22.2. The normalized spacial score (nSPS) is 10.5. The van der Waals surface area contributed by atoms with E-state index >= 15 is 0 Å². The molecule has 2 heterocycles. The van der Waals surface area contributed by atoms with E-state index in [2.05, 4.69) is 15.7 Å². The monoisotopic (exact) mass is 414 g/mol. The van der Waals surface area contributed by atoms with E-state index in [1.54, 1.807) is 42.5 Å². The highest BCUT2D eigenvalue weighted by atomic mass is 16.3. The molecule has 2 aromatic carbocycles. The zero-order valence-corrected chi connectivity index (χ0v) is 16.3. The van der Waals surface area contributed by atoms with Crippen LogP contribution in [0.2, 0.25) is 0 Å². The van der Waals surface area contributed by atoms with E-state index in [0.29, 0.717) is 17.1 Å². The fourth-order valence-electron chi connectivity index (χ4n) is 2.90. The van der Waals surface area contributed by atoms with Crippen LogP contribution in [0.5, 0.6) is 0 Å². The number of nitrogens with one attached hydrogen (secondary N) is 2. The van der Waals surface area contributed by atoms with Gasteiger partial charge in [0.2, 0.25) is 5.91 Å². The number of benzene rings is 2. The highest BCUT2D eigenvalue weighted by molar-refractivity contribution is 6.02. The van der Waals surface area contributed by atoms with Crippen molar-refractivity contribution < 1.29 is 14.0 Å². The Kier molecular flexibility index (Phi) is 5.70. The number of amides is 2. The van der Waals surface area contributed by atoms with Crippen LogP contribution >= 0.6 is 0 Å². The van der Waals surface area contributed by atoms with Crippen LogP contribution in [0.15, 0.2) is 94.3 Å². The van der Waals surface area contributed by atoms with E-state index in [1.165, 1.54) is 12.3 Å². The number of rotatable bonds is 6. The minimum atomic E-state index is -0.396. The number of hydrogen-bond acceptors (Lipinski definition) is 5. The molecule has 0 aliphatic carbocycles. The van der Waals surface area contributed by atoms with Crippen LogP contribution in [0.4, 0.5) is 11.4 Å². The van der Waals surface area contributed by atoms with Gasteiger partial charge in [-0.25, -0.2) is 4.68 Å². The zero-order chi connectivity index (χ0) is 21.6. The molecule has 2 N–H and O–H groups in total. The largest absolute Gasteiger partial charge is 0.459 e. The molecule has 0 aliphatic rings. The SMILES string of the molecule is O=C(Cn1nc(-c2ccccc2)ccc1=O)Nc1ccc(NC(=O)c2ccco2)cc1. The van der Waals surface area contributed by atoms with Crippen LogP contribution in [0.25, 0.3) is 11.3 Å². The lowest BCUT2D eigenvalue weighted by Crippen LogP contribution is -2.29. The van der Waals surface area contributed by atoms with Gasteiger partial charge >= 0.3 is 0 Å². The number of carbonyl (C=O) groups is 2. The van der Waals surface area contributed by atoms with E-state index in [4.69, 9.17) is 4.42 Å². The Morgan fingerprint density at radius 2 is 1.55 bits per heavy atom. The van der Waals surface area contributed by atoms with Crippen molar-refractivity contribution in [3.05, 3.63) is 101 Å². The van der Waals surface area contributed by atoms with Crippen LogP contribution in [0.3, 0.4) is 0 Å². The Labute approximate surface area is 177 Å². The number of anilines is 2. The standard InChI is InChI=1S/C23H18N4O4/c28-21(15-27-22(29)13-12-19(26-27)16-5-2-1-3-6-16)24-17-8-10-18(11-9-17)25-23(30)20-7-4-14-31-20/h1-14H,15H2,(H,24,28)(H,25,30). The molecule has 0 unspecified atom stereocenters. The molecule has 154 valence electrons. The van der Waals surface area contributed by atoms with E-state index in [9.17, 15) is 14.4 Å². The first-order valence-electron chi connectivity index (χ1n) is 9.47. The molecule has 31 heavy (non-hydrogen) atoms. The summed E-state index contributed by atoms with van der Waals surface area (Å²) in [5.74, 6) is -0.564. The Morgan fingerprint density at radius 1 is 0.839 bits per heavy atom. The van der Waals surface area contributed by atoms with Crippen LogP contribution in [-0.2, 0) is 11.3 Å². The van der Waals surface area contributed by atoms with Crippen LogP contribution < -0.4 is 16.2 Å². The molecule has 8 nitrogen and oxygen atoms in total. The highest BCUT2D eigenvalue weighted by Crippen LogP contribution is 2.16. The summed E-state index contributed by atoms with van der Waals surface area (Å²) in [5.41, 5.74) is 2.15. The molecule has 0 bridgehead atoms. The van der Waals surface area contributed by atoms with Crippen molar-refractivity contribution in [3.8, 4) is 11.3 Å². The summed E-state index contributed by atoms with van der Waals surface area (Å²) >= 11 is 0. The highest BCUT2D eigenvalue weighted by Gasteiger charge is 2.10. The number of hydrogen-bond donors (Lipinski definition) is 2. The van der Waals surface area contributed by atoms with Gasteiger partial charge in [-0.3, -0.25) is 14.4 Å². The molecule has 0 spiro atoms. The van der Waals surface area contributed by atoms with Crippen molar-refractivity contribution in [1.29, 1.82) is 0 Å². The summed E-state index contributed by atoms with van der Waals surface area (Å²) in [5, 5.41) is 9.69. The van der Waals surface area contributed by atoms with Gasteiger partial charge in [0.25, 0.3) is 11.5 Å². The van der Waals surface area contributed by atoms with Crippen LogP contribution in [0.1, 0.15) is 10.6 Å². The van der Waals surface area contributed by atoms with Gasteiger partial charge in [0, 0.05) is 23.0 Å². The fourth-order valence-corrected chi connectivity index (χ4v) is 2.90. The average Bonchev–Trinajstić information content (AvgIpc) is 3.32.